The quantitative estimate of drug-likeness (QED) is 0.306. The number of carbonyl (C=O) groups is 2. The number of nitriles is 2. The van der Waals surface area contributed by atoms with Gasteiger partial charge in [0, 0.05) is 6.20 Å². The number of nitrogens with one attached hydrogen (secondary N) is 2. The number of ether oxygens (including phenoxy) is 1. The molecule has 146 valence electrons. The highest BCUT2D eigenvalue weighted by molar-refractivity contribution is 6.09. The molecule has 1 amide bonds. The summed E-state index contributed by atoms with van der Waals surface area (Å²) < 4.78 is 5.20. The summed E-state index contributed by atoms with van der Waals surface area (Å²) in [6.45, 7) is 2.28. The van der Waals surface area contributed by atoms with Gasteiger partial charge < -0.3 is 15.4 Å². The van der Waals surface area contributed by atoms with Crippen molar-refractivity contribution in [2.75, 3.05) is 17.2 Å². The summed E-state index contributed by atoms with van der Waals surface area (Å²) in [6.07, 6.45) is 2.86. The highest BCUT2D eigenvalue weighted by Crippen LogP contribution is 2.18. The van der Waals surface area contributed by atoms with Gasteiger partial charge in [-0.15, -0.1) is 0 Å². The van der Waals surface area contributed by atoms with Crippen molar-refractivity contribution < 1.29 is 14.3 Å². The molecule has 0 aliphatic rings. The van der Waals surface area contributed by atoms with E-state index in [2.05, 4.69) is 10.6 Å². The van der Waals surface area contributed by atoms with Gasteiger partial charge in [-0.3, -0.25) is 4.79 Å². The maximum Gasteiger partial charge on any atom is 0.340 e. The predicted molar refractivity (Wildman–Crippen MR) is 109 cm³/mol. The molecular weight excluding hydrogens is 368 g/mol. The first-order valence-corrected chi connectivity index (χ1v) is 9.04. The summed E-state index contributed by atoms with van der Waals surface area (Å²) >= 11 is 0. The highest BCUT2D eigenvalue weighted by Gasteiger charge is 2.16. The highest BCUT2D eigenvalue weighted by atomic mass is 16.5. The largest absolute Gasteiger partial charge is 0.462 e. The summed E-state index contributed by atoms with van der Waals surface area (Å²) in [5.74, 6) is -1.24. The van der Waals surface area contributed by atoms with E-state index in [0.717, 1.165) is 12.8 Å². The maximum atomic E-state index is 12.5. The second-order valence-electron chi connectivity index (χ2n) is 5.96. The topological polar surface area (TPSA) is 115 Å². The molecule has 0 aromatic heterocycles. The van der Waals surface area contributed by atoms with Crippen LogP contribution in [0.1, 0.15) is 35.7 Å². The molecule has 2 aromatic rings. The van der Waals surface area contributed by atoms with Crippen LogP contribution in [0.15, 0.2) is 60.3 Å². The number of anilines is 2. The van der Waals surface area contributed by atoms with Crippen molar-refractivity contribution in [3.63, 3.8) is 0 Å². The van der Waals surface area contributed by atoms with E-state index in [1.807, 2.05) is 19.1 Å². The van der Waals surface area contributed by atoms with Gasteiger partial charge >= 0.3 is 5.97 Å². The molecular formula is C22H20N4O3. The summed E-state index contributed by atoms with van der Waals surface area (Å²) in [5.41, 5.74) is 1.08. The lowest BCUT2D eigenvalue weighted by Gasteiger charge is -2.11. The van der Waals surface area contributed by atoms with E-state index in [4.69, 9.17) is 10.00 Å². The van der Waals surface area contributed by atoms with Crippen molar-refractivity contribution in [2.45, 2.75) is 19.8 Å². The molecule has 0 saturated carbocycles. The predicted octanol–water partition coefficient (Wildman–Crippen LogP) is 3.97. The van der Waals surface area contributed by atoms with Gasteiger partial charge in [0.15, 0.2) is 0 Å². The lowest BCUT2D eigenvalue weighted by atomic mass is 10.1. The van der Waals surface area contributed by atoms with E-state index in [0.29, 0.717) is 17.9 Å². The molecule has 0 atom stereocenters. The molecule has 0 aliphatic carbocycles. The SMILES string of the molecule is CCCCOC(=O)c1ccccc1NC(=O)/C(C#N)=C\Nc1ccccc1C#N. The van der Waals surface area contributed by atoms with Crippen LogP contribution < -0.4 is 10.6 Å². The second kappa shape index (κ2) is 10.9. The standard InChI is InChI=1S/C22H20N4O3/c1-2-3-12-29-22(28)18-9-5-7-11-20(18)26-21(27)17(14-24)15-25-19-10-6-4-8-16(19)13-23/h4-11,15,25H,2-3,12H2,1H3,(H,26,27)/b17-15-. The number of benzene rings is 2. The van der Waals surface area contributed by atoms with Crippen LogP contribution in [0, 0.1) is 22.7 Å². The molecule has 0 heterocycles. The Hall–Kier alpha value is -4.10. The number of hydrogen-bond acceptors (Lipinski definition) is 6. The fourth-order valence-electron chi connectivity index (χ4n) is 2.35. The average molecular weight is 388 g/mol. The van der Waals surface area contributed by atoms with Gasteiger partial charge in [0.1, 0.15) is 17.7 Å². The van der Waals surface area contributed by atoms with Crippen molar-refractivity contribution >= 4 is 23.3 Å². The number of unbranched alkanes of at least 4 members (excludes halogenated alkanes) is 1. The third kappa shape index (κ3) is 5.95. The zero-order valence-electron chi connectivity index (χ0n) is 15.9. The summed E-state index contributed by atoms with van der Waals surface area (Å²) in [6, 6.07) is 17.0. The van der Waals surface area contributed by atoms with Crippen molar-refractivity contribution in [1.82, 2.24) is 0 Å². The van der Waals surface area contributed by atoms with Crippen LogP contribution in [-0.4, -0.2) is 18.5 Å². The van der Waals surface area contributed by atoms with Crippen LogP contribution in [0.4, 0.5) is 11.4 Å². The van der Waals surface area contributed by atoms with Gasteiger partial charge in [-0.05, 0) is 30.7 Å². The first-order chi connectivity index (χ1) is 14.1. The van der Waals surface area contributed by atoms with Gasteiger partial charge in [0.05, 0.1) is 29.1 Å². The number of hydrogen-bond donors (Lipinski definition) is 2. The molecule has 7 nitrogen and oxygen atoms in total. The van der Waals surface area contributed by atoms with Gasteiger partial charge in [0.2, 0.25) is 0 Å². The third-order valence-corrected chi connectivity index (χ3v) is 3.91. The van der Waals surface area contributed by atoms with Crippen LogP contribution in [0.3, 0.4) is 0 Å². The Bertz CT molecular complexity index is 1000. The monoisotopic (exact) mass is 388 g/mol. The molecule has 0 saturated heterocycles. The number of nitrogens with zero attached hydrogens (tertiary/aromatic N) is 2. The van der Waals surface area contributed by atoms with E-state index < -0.39 is 11.9 Å². The van der Waals surface area contributed by atoms with Gasteiger partial charge in [-0.1, -0.05) is 37.6 Å². The molecule has 0 bridgehead atoms. The lowest BCUT2D eigenvalue weighted by Crippen LogP contribution is -2.18. The Labute approximate surface area is 169 Å². The zero-order chi connectivity index (χ0) is 21.1. The molecule has 0 radical (unpaired) electrons. The summed E-state index contributed by atoms with van der Waals surface area (Å²) in [4.78, 5) is 24.7. The molecule has 0 unspecified atom stereocenters. The third-order valence-electron chi connectivity index (χ3n) is 3.91. The van der Waals surface area contributed by atoms with E-state index >= 15 is 0 Å². The van der Waals surface area contributed by atoms with Crippen molar-refractivity contribution in [1.29, 1.82) is 10.5 Å². The Morgan fingerprint density at radius 3 is 2.45 bits per heavy atom. The van der Waals surface area contributed by atoms with E-state index in [9.17, 15) is 14.9 Å². The molecule has 29 heavy (non-hydrogen) atoms. The Morgan fingerprint density at radius 2 is 1.76 bits per heavy atom. The normalized spacial score (nSPS) is 10.4. The van der Waals surface area contributed by atoms with Gasteiger partial charge in [-0.2, -0.15) is 10.5 Å². The average Bonchev–Trinajstić information content (AvgIpc) is 2.75. The molecule has 0 spiro atoms. The Morgan fingerprint density at radius 1 is 1.07 bits per heavy atom. The number of carbonyl (C=O) groups excluding carboxylic acids is 2. The minimum atomic E-state index is -0.691. The van der Waals surface area contributed by atoms with Crippen LogP contribution in [0.5, 0.6) is 0 Å². The minimum absolute atomic E-state index is 0.206. The number of rotatable bonds is 8. The maximum absolute atomic E-state index is 12.5. The summed E-state index contributed by atoms with van der Waals surface area (Å²) in [7, 11) is 0. The van der Waals surface area contributed by atoms with Crippen LogP contribution >= 0.6 is 0 Å². The van der Waals surface area contributed by atoms with Gasteiger partial charge in [-0.25, -0.2) is 4.79 Å². The van der Waals surface area contributed by atoms with Crippen molar-refractivity contribution in [2.24, 2.45) is 0 Å². The lowest BCUT2D eigenvalue weighted by molar-refractivity contribution is -0.112. The smallest absolute Gasteiger partial charge is 0.340 e. The van der Waals surface area contributed by atoms with Gasteiger partial charge in [0.25, 0.3) is 5.91 Å². The first-order valence-electron chi connectivity index (χ1n) is 9.04. The number of amides is 1. The zero-order valence-corrected chi connectivity index (χ0v) is 15.9. The molecule has 0 fully saturated rings. The molecule has 0 aliphatic heterocycles. The minimum Gasteiger partial charge on any atom is -0.462 e. The first kappa shape index (κ1) is 21.2. The Kier molecular flexibility index (Phi) is 7.97. The molecule has 2 aromatic carbocycles. The summed E-state index contributed by atoms with van der Waals surface area (Å²) in [5, 5.41) is 23.8. The molecule has 2 N–H and O–H groups in total. The molecule has 7 heteroatoms. The van der Waals surface area contributed by atoms with E-state index in [1.165, 1.54) is 6.20 Å². The second-order valence-corrected chi connectivity index (χ2v) is 5.96. The number of para-hydroxylation sites is 2. The molecule has 2 rings (SSSR count). The van der Waals surface area contributed by atoms with Crippen LogP contribution in [-0.2, 0) is 9.53 Å². The fourth-order valence-corrected chi connectivity index (χ4v) is 2.35. The number of esters is 1. The fraction of sp³-hybridized carbons (Fsp3) is 0.182. The van der Waals surface area contributed by atoms with Crippen LogP contribution in [0.25, 0.3) is 0 Å². The van der Waals surface area contributed by atoms with Crippen LogP contribution in [0.2, 0.25) is 0 Å². The van der Waals surface area contributed by atoms with Crippen molar-refractivity contribution in [3.8, 4) is 12.1 Å². The van der Waals surface area contributed by atoms with Crippen molar-refractivity contribution in [3.05, 3.63) is 71.4 Å². The van der Waals surface area contributed by atoms with E-state index in [1.54, 1.807) is 48.5 Å². The van der Waals surface area contributed by atoms with E-state index in [-0.39, 0.29) is 16.8 Å². The Balaban J connectivity index is 2.15.